The normalized spacial score (nSPS) is 17.7. The first-order valence-corrected chi connectivity index (χ1v) is 16.9. The highest BCUT2D eigenvalue weighted by atomic mass is 19.4. The summed E-state index contributed by atoms with van der Waals surface area (Å²) in [6, 6.07) is 13.6. The Kier molecular flexibility index (Phi) is 9.50. The number of aromatic nitrogens is 2. The third-order valence-corrected chi connectivity index (χ3v) is 8.73. The molecule has 4 aromatic rings. The number of carboxylic acid groups (broad SMARTS) is 1. The Hall–Kier alpha value is -5.87. The zero-order valence-corrected chi connectivity index (χ0v) is 30.7. The maximum Gasteiger partial charge on any atom is 0.586 e. The number of fused-ring (bicyclic) bond motifs is 2. The van der Waals surface area contributed by atoms with Gasteiger partial charge in [0.2, 0.25) is 0 Å². The predicted molar refractivity (Wildman–Crippen MR) is 186 cm³/mol. The van der Waals surface area contributed by atoms with Gasteiger partial charge in [0.15, 0.2) is 23.3 Å². The van der Waals surface area contributed by atoms with Crippen LogP contribution in [0.3, 0.4) is 0 Å². The van der Waals surface area contributed by atoms with Gasteiger partial charge in [0, 0.05) is 29.9 Å². The SMILES string of the molecule is CN(C(=O)c1cccc(-n2nc(C(F)(F)F)c3c2C(Oc2ccc(C(=O)OC(C)(C)C)cc2)CN(C(=O)O)C3C(C)(C)C)c1)c1ccc2c(c1)OC(F)(F)O2. The molecule has 1 N–H and O–H groups in total. The second kappa shape index (κ2) is 13.5. The quantitative estimate of drug-likeness (QED) is 0.151. The van der Waals surface area contributed by atoms with Crippen molar-refractivity contribution in [3.8, 4) is 22.9 Å². The van der Waals surface area contributed by atoms with Crippen molar-refractivity contribution in [3.63, 3.8) is 0 Å². The summed E-state index contributed by atoms with van der Waals surface area (Å²) in [6.07, 6.45) is -11.8. The second-order valence-electron chi connectivity index (χ2n) is 15.1. The van der Waals surface area contributed by atoms with E-state index >= 15 is 0 Å². The summed E-state index contributed by atoms with van der Waals surface area (Å²) in [6.45, 7) is 9.53. The van der Waals surface area contributed by atoms with Gasteiger partial charge >= 0.3 is 24.5 Å². The van der Waals surface area contributed by atoms with Gasteiger partial charge < -0.3 is 29.0 Å². The molecular formula is C38H37F5N4O8. The number of carbonyl (C=O) groups excluding carboxylic acids is 2. The molecule has 3 aromatic carbocycles. The van der Waals surface area contributed by atoms with Crippen LogP contribution in [0.5, 0.6) is 17.2 Å². The molecular weight excluding hydrogens is 735 g/mol. The average Bonchev–Trinajstić information content (AvgIpc) is 3.63. The minimum atomic E-state index is -5.05. The molecule has 0 spiro atoms. The van der Waals surface area contributed by atoms with E-state index in [0.29, 0.717) is 0 Å². The number of esters is 1. The highest BCUT2D eigenvalue weighted by Gasteiger charge is 2.52. The van der Waals surface area contributed by atoms with Crippen LogP contribution < -0.4 is 19.1 Å². The van der Waals surface area contributed by atoms with Crippen LogP contribution in [0.1, 0.15) is 91.4 Å². The number of benzene rings is 3. The first-order valence-electron chi connectivity index (χ1n) is 16.9. The number of nitrogens with zero attached hydrogens (tertiary/aromatic N) is 4. The van der Waals surface area contributed by atoms with E-state index in [4.69, 9.17) is 9.47 Å². The highest BCUT2D eigenvalue weighted by molar-refractivity contribution is 6.06. The van der Waals surface area contributed by atoms with Gasteiger partial charge in [-0.25, -0.2) is 14.3 Å². The van der Waals surface area contributed by atoms with Gasteiger partial charge in [0.25, 0.3) is 5.91 Å². The van der Waals surface area contributed by atoms with Gasteiger partial charge in [0.1, 0.15) is 11.4 Å². The number of amides is 2. The lowest BCUT2D eigenvalue weighted by Gasteiger charge is -2.44. The molecule has 2 aliphatic rings. The van der Waals surface area contributed by atoms with E-state index in [1.54, 1.807) is 41.5 Å². The topological polar surface area (TPSA) is 133 Å². The lowest BCUT2D eigenvalue weighted by molar-refractivity contribution is -0.286. The van der Waals surface area contributed by atoms with Crippen molar-refractivity contribution in [2.75, 3.05) is 18.5 Å². The fourth-order valence-corrected chi connectivity index (χ4v) is 6.54. The van der Waals surface area contributed by atoms with Gasteiger partial charge in [-0.3, -0.25) is 9.69 Å². The van der Waals surface area contributed by atoms with Crippen molar-refractivity contribution in [3.05, 3.63) is 94.8 Å². The van der Waals surface area contributed by atoms with Crippen LogP contribution in [0.25, 0.3) is 5.69 Å². The summed E-state index contributed by atoms with van der Waals surface area (Å²) in [4.78, 5) is 41.1. The summed E-state index contributed by atoms with van der Waals surface area (Å²) in [5.41, 5.74) is -3.37. The van der Waals surface area contributed by atoms with Crippen molar-refractivity contribution in [2.45, 2.75) is 71.8 Å². The van der Waals surface area contributed by atoms with Crippen molar-refractivity contribution in [1.82, 2.24) is 14.7 Å². The summed E-state index contributed by atoms with van der Waals surface area (Å²) in [5.74, 6) is -1.69. The van der Waals surface area contributed by atoms with Crippen molar-refractivity contribution >= 4 is 23.7 Å². The summed E-state index contributed by atoms with van der Waals surface area (Å²) in [7, 11) is 1.37. The largest absolute Gasteiger partial charge is 0.586 e. The lowest BCUT2D eigenvalue weighted by atomic mass is 9.77. The molecule has 0 aliphatic carbocycles. The van der Waals surface area contributed by atoms with Crippen LogP contribution in [0.2, 0.25) is 0 Å². The Balaban J connectivity index is 1.44. The molecule has 55 heavy (non-hydrogen) atoms. The molecule has 2 amide bonds. The third kappa shape index (κ3) is 7.86. The summed E-state index contributed by atoms with van der Waals surface area (Å²) in [5, 5.41) is 14.3. The monoisotopic (exact) mass is 772 g/mol. The summed E-state index contributed by atoms with van der Waals surface area (Å²) >= 11 is 0. The van der Waals surface area contributed by atoms with Crippen molar-refractivity contribution < 1.29 is 60.4 Å². The Bertz CT molecular complexity index is 2160. The van der Waals surface area contributed by atoms with Gasteiger partial charge in [-0.05, 0) is 80.8 Å². The first kappa shape index (κ1) is 38.8. The van der Waals surface area contributed by atoms with Crippen LogP contribution >= 0.6 is 0 Å². The van der Waals surface area contributed by atoms with E-state index in [1.807, 2.05) is 0 Å². The molecule has 1 aromatic heterocycles. The third-order valence-electron chi connectivity index (χ3n) is 8.73. The van der Waals surface area contributed by atoms with Crippen LogP contribution in [0.4, 0.5) is 32.4 Å². The van der Waals surface area contributed by atoms with Crippen LogP contribution in [-0.2, 0) is 10.9 Å². The molecule has 2 unspecified atom stereocenters. The molecule has 12 nitrogen and oxygen atoms in total. The van der Waals surface area contributed by atoms with E-state index < -0.39 is 71.4 Å². The average molecular weight is 773 g/mol. The molecule has 3 heterocycles. The lowest BCUT2D eigenvalue weighted by Crippen LogP contribution is -2.48. The number of rotatable bonds is 6. The van der Waals surface area contributed by atoms with Gasteiger partial charge in [0.05, 0.1) is 29.5 Å². The number of halogens is 5. The number of hydrogen-bond acceptors (Lipinski definition) is 8. The first-order chi connectivity index (χ1) is 25.4. The van der Waals surface area contributed by atoms with E-state index in [2.05, 4.69) is 14.6 Å². The van der Waals surface area contributed by atoms with Crippen LogP contribution in [-0.4, -0.2) is 63.2 Å². The molecule has 2 atom stereocenters. The molecule has 0 saturated carbocycles. The molecule has 0 fully saturated rings. The molecule has 0 saturated heterocycles. The van der Waals surface area contributed by atoms with Crippen LogP contribution in [0, 0.1) is 5.41 Å². The van der Waals surface area contributed by atoms with Gasteiger partial charge in [-0.2, -0.15) is 18.3 Å². The van der Waals surface area contributed by atoms with Gasteiger partial charge in [-0.15, -0.1) is 8.78 Å². The molecule has 0 bridgehead atoms. The van der Waals surface area contributed by atoms with Gasteiger partial charge in [-0.1, -0.05) is 26.8 Å². The molecule has 292 valence electrons. The Morgan fingerprint density at radius 2 is 1.56 bits per heavy atom. The number of carbonyl (C=O) groups is 3. The van der Waals surface area contributed by atoms with E-state index in [-0.39, 0.29) is 45.4 Å². The Morgan fingerprint density at radius 1 is 0.909 bits per heavy atom. The Labute approximate surface area is 311 Å². The minimum absolute atomic E-state index is 0.00801. The maximum atomic E-state index is 15.0. The minimum Gasteiger partial charge on any atom is -0.482 e. The standard InChI is InChI=1S/C38H37F5N4O8/c1-35(2,3)31-28-29(27(19-46(31)34(50)51)52-24-14-11-20(12-15-24)33(49)55-36(4,5)6)47(44-30(28)37(39,40)41)23-10-8-9-21(17-23)32(48)45(7)22-13-16-25-26(18-22)54-38(42,43)53-25/h8-18,27,31H,19H2,1-7H3,(H,50,51). The van der Waals surface area contributed by atoms with Crippen LogP contribution in [0.15, 0.2) is 66.7 Å². The predicted octanol–water partition coefficient (Wildman–Crippen LogP) is 8.65. The number of alkyl halides is 5. The summed E-state index contributed by atoms with van der Waals surface area (Å²) < 4.78 is 93.7. The second-order valence-corrected chi connectivity index (χ2v) is 15.1. The van der Waals surface area contributed by atoms with E-state index in [0.717, 1.165) is 14.5 Å². The zero-order valence-electron chi connectivity index (χ0n) is 30.7. The van der Waals surface area contributed by atoms with Crippen molar-refractivity contribution in [1.29, 1.82) is 0 Å². The number of hydrogen-bond donors (Lipinski definition) is 1. The smallest absolute Gasteiger partial charge is 0.482 e. The number of ether oxygens (including phenoxy) is 4. The molecule has 2 aliphatic heterocycles. The number of anilines is 1. The Morgan fingerprint density at radius 3 is 2.16 bits per heavy atom. The molecule has 17 heteroatoms. The highest BCUT2D eigenvalue weighted by Crippen LogP contribution is 2.51. The molecule has 6 rings (SSSR count). The molecule has 0 radical (unpaired) electrons. The maximum absolute atomic E-state index is 15.0. The fraction of sp³-hybridized carbons (Fsp3) is 0.368. The zero-order chi connectivity index (χ0) is 40.4. The van der Waals surface area contributed by atoms with E-state index in [1.165, 1.54) is 73.8 Å². The fourth-order valence-electron chi connectivity index (χ4n) is 6.54. The van der Waals surface area contributed by atoms with Crippen molar-refractivity contribution in [2.24, 2.45) is 5.41 Å². The van der Waals surface area contributed by atoms with E-state index in [9.17, 15) is 41.4 Å².